The van der Waals surface area contributed by atoms with Gasteiger partial charge < -0.3 is 9.84 Å². The van der Waals surface area contributed by atoms with Gasteiger partial charge in [-0.05, 0) is 36.8 Å². The molecule has 1 atom stereocenters. The van der Waals surface area contributed by atoms with E-state index in [0.717, 1.165) is 29.1 Å². The zero-order chi connectivity index (χ0) is 23.5. The average molecular weight is 463 g/mol. The molecule has 5 heteroatoms. The highest BCUT2D eigenvalue weighted by atomic mass is 32.2. The fourth-order valence-electron chi connectivity index (χ4n) is 3.49. The van der Waals surface area contributed by atoms with Gasteiger partial charge in [-0.2, -0.15) is 0 Å². The van der Waals surface area contributed by atoms with E-state index in [4.69, 9.17) is 10.1 Å². The summed E-state index contributed by atoms with van der Waals surface area (Å²) in [7, 11) is 0. The number of hydrogen-bond acceptors (Lipinski definition) is 4. The predicted octanol–water partition coefficient (Wildman–Crippen LogP) is 5.65. The Morgan fingerprint density at radius 3 is 2.27 bits per heavy atom. The van der Waals surface area contributed by atoms with Crippen molar-refractivity contribution in [3.63, 3.8) is 0 Å². The maximum absolute atomic E-state index is 13.1. The van der Waals surface area contributed by atoms with Crippen molar-refractivity contribution in [2.45, 2.75) is 61.5 Å². The van der Waals surface area contributed by atoms with Crippen LogP contribution in [0.15, 0.2) is 88.7 Å². The van der Waals surface area contributed by atoms with Gasteiger partial charge in [0.15, 0.2) is 0 Å². The van der Waals surface area contributed by atoms with E-state index in [0.29, 0.717) is 29.0 Å². The van der Waals surface area contributed by atoms with Crippen LogP contribution in [-0.4, -0.2) is 16.6 Å². The zero-order valence-electron chi connectivity index (χ0n) is 19.1. The van der Waals surface area contributed by atoms with Gasteiger partial charge in [0.25, 0.3) is 5.78 Å². The molecule has 0 aromatic heterocycles. The van der Waals surface area contributed by atoms with Crippen LogP contribution in [0.25, 0.3) is 0 Å². The number of benzene rings is 3. The van der Waals surface area contributed by atoms with Crippen LogP contribution in [0.2, 0.25) is 0 Å². The largest absolute Gasteiger partial charge is 0.460 e. The molecule has 0 heterocycles. The molecule has 4 nitrogen and oxygen atoms in total. The summed E-state index contributed by atoms with van der Waals surface area (Å²) < 4.78 is 5.89. The Balaban J connectivity index is 1.80. The fourth-order valence-corrected chi connectivity index (χ4v) is 4.35. The Labute approximate surface area is 200 Å². The highest BCUT2D eigenvalue weighted by Gasteiger charge is 2.23. The smallest absolute Gasteiger partial charge is 0.255 e. The quantitative estimate of drug-likeness (QED) is 0.149. The Kier molecular flexibility index (Phi) is 9.73. The first kappa shape index (κ1) is 24.7. The third-order valence-electron chi connectivity index (χ3n) is 5.34. The summed E-state index contributed by atoms with van der Waals surface area (Å²) >= 11 is 1.56. The summed E-state index contributed by atoms with van der Waals surface area (Å²) in [5.74, 6) is 0.0863. The SMILES string of the molecule is CCCCCCCC(=[NH2+])C(=O)c1ccc(Sc2ccccc2)cc1O[C@H](O)c1ccccc1. The van der Waals surface area contributed by atoms with Crippen LogP contribution in [0, 0.1) is 0 Å². The number of carbonyl (C=O) groups excluding carboxylic acids is 1. The first-order valence-corrected chi connectivity index (χ1v) is 12.3. The number of carbonyl (C=O) groups is 1. The lowest BCUT2D eigenvalue weighted by molar-refractivity contribution is -0.115. The van der Waals surface area contributed by atoms with Gasteiger partial charge in [-0.1, -0.05) is 92.9 Å². The molecule has 0 saturated carbocycles. The molecule has 0 saturated heterocycles. The third kappa shape index (κ3) is 7.58. The molecule has 3 N–H and O–H groups in total. The Morgan fingerprint density at radius 2 is 1.58 bits per heavy atom. The molecular weight excluding hydrogens is 430 g/mol. The molecule has 0 amide bonds. The van der Waals surface area contributed by atoms with Gasteiger partial charge in [0.1, 0.15) is 5.75 Å². The van der Waals surface area contributed by atoms with Crippen LogP contribution in [0.3, 0.4) is 0 Å². The molecule has 3 aromatic carbocycles. The van der Waals surface area contributed by atoms with Crippen molar-refractivity contribution in [3.05, 3.63) is 90.0 Å². The second-order valence-electron chi connectivity index (χ2n) is 7.97. The normalized spacial score (nSPS) is 11.7. The highest BCUT2D eigenvalue weighted by molar-refractivity contribution is 7.99. The molecule has 0 spiro atoms. The lowest BCUT2D eigenvalue weighted by Crippen LogP contribution is -2.44. The first-order chi connectivity index (χ1) is 16.1. The number of Topliss-reactive ketones (excluding diaryl/α,β-unsaturated/α-hetero) is 1. The fraction of sp³-hybridized carbons (Fsp3) is 0.286. The monoisotopic (exact) mass is 462 g/mol. The van der Waals surface area contributed by atoms with Gasteiger partial charge >= 0.3 is 0 Å². The number of aliphatic hydroxyl groups is 1. The van der Waals surface area contributed by atoms with E-state index in [9.17, 15) is 9.90 Å². The van der Waals surface area contributed by atoms with Crippen LogP contribution in [-0.2, 0) is 0 Å². The zero-order valence-corrected chi connectivity index (χ0v) is 19.9. The molecule has 0 radical (unpaired) electrons. The molecule has 0 unspecified atom stereocenters. The average Bonchev–Trinajstić information content (AvgIpc) is 2.85. The Morgan fingerprint density at radius 1 is 0.909 bits per heavy atom. The number of aliphatic hydroxyl groups excluding tert-OH is 1. The number of ketones is 1. The number of ether oxygens (including phenoxy) is 1. The minimum atomic E-state index is -1.19. The van der Waals surface area contributed by atoms with Gasteiger partial charge in [0, 0.05) is 21.8 Å². The van der Waals surface area contributed by atoms with Crippen LogP contribution in [0.1, 0.15) is 67.7 Å². The summed E-state index contributed by atoms with van der Waals surface area (Å²) in [5, 5.41) is 16.8. The maximum atomic E-state index is 13.1. The number of hydrogen-bond donors (Lipinski definition) is 2. The van der Waals surface area contributed by atoms with Gasteiger partial charge in [0.2, 0.25) is 12.0 Å². The van der Waals surface area contributed by atoms with E-state index in [1.54, 1.807) is 36.0 Å². The predicted molar refractivity (Wildman–Crippen MR) is 134 cm³/mol. The van der Waals surface area contributed by atoms with Crippen LogP contribution < -0.4 is 10.1 Å². The van der Waals surface area contributed by atoms with Crippen molar-refractivity contribution >= 4 is 23.3 Å². The van der Waals surface area contributed by atoms with Crippen LogP contribution >= 0.6 is 11.8 Å². The highest BCUT2D eigenvalue weighted by Crippen LogP contribution is 2.34. The minimum Gasteiger partial charge on any atom is -0.460 e. The molecule has 3 aromatic rings. The van der Waals surface area contributed by atoms with Crippen molar-refractivity contribution in [1.82, 2.24) is 0 Å². The van der Waals surface area contributed by atoms with Gasteiger partial charge in [0.05, 0.1) is 5.56 Å². The molecular formula is C28H32NO3S+. The number of nitrogens with two attached hydrogens (primary N) is 1. The molecule has 3 rings (SSSR count). The summed E-state index contributed by atoms with van der Waals surface area (Å²) in [5.41, 5.74) is 1.31. The van der Waals surface area contributed by atoms with Crippen molar-refractivity contribution in [3.8, 4) is 5.75 Å². The Bertz CT molecular complexity index is 1040. The standard InChI is InChI=1S/C28H31NO3S/c1-2-3-4-5-12-17-25(29)27(30)24-19-18-23(33-22-15-10-7-11-16-22)20-26(24)32-28(31)21-13-8-6-9-14-21/h6-11,13-16,18-20,28-29,31H,2-5,12,17H2,1H3/p+1/t28-/m0/s1. The van der Waals surface area contributed by atoms with Gasteiger partial charge in [-0.15, -0.1) is 0 Å². The van der Waals surface area contributed by atoms with E-state index < -0.39 is 6.29 Å². The maximum Gasteiger partial charge on any atom is 0.255 e. The van der Waals surface area contributed by atoms with Gasteiger partial charge in [-0.3, -0.25) is 10.2 Å². The van der Waals surface area contributed by atoms with E-state index in [-0.39, 0.29) is 5.78 Å². The second kappa shape index (κ2) is 13.0. The first-order valence-electron chi connectivity index (χ1n) is 11.5. The van der Waals surface area contributed by atoms with Crippen LogP contribution in [0.5, 0.6) is 5.75 Å². The minimum absolute atomic E-state index is 0.239. The number of rotatable bonds is 13. The van der Waals surface area contributed by atoms with E-state index >= 15 is 0 Å². The van der Waals surface area contributed by atoms with Crippen molar-refractivity contribution < 1.29 is 20.0 Å². The topological polar surface area (TPSA) is 72.1 Å². The van der Waals surface area contributed by atoms with Gasteiger partial charge in [-0.25, -0.2) is 0 Å². The molecule has 0 aliphatic carbocycles. The van der Waals surface area contributed by atoms with E-state index in [2.05, 4.69) is 6.92 Å². The molecule has 0 aliphatic rings. The molecule has 33 heavy (non-hydrogen) atoms. The molecule has 0 fully saturated rings. The molecule has 0 bridgehead atoms. The summed E-state index contributed by atoms with van der Waals surface area (Å²) in [6.07, 6.45) is 4.85. The number of unbranched alkanes of at least 4 members (excludes halogenated alkanes) is 4. The summed E-state index contributed by atoms with van der Waals surface area (Å²) in [6.45, 7) is 2.18. The van der Waals surface area contributed by atoms with Crippen molar-refractivity contribution in [1.29, 1.82) is 0 Å². The van der Waals surface area contributed by atoms with Crippen molar-refractivity contribution in [2.24, 2.45) is 0 Å². The second-order valence-corrected chi connectivity index (χ2v) is 9.12. The third-order valence-corrected chi connectivity index (χ3v) is 6.34. The summed E-state index contributed by atoms with van der Waals surface area (Å²) in [4.78, 5) is 15.1. The van der Waals surface area contributed by atoms with Crippen molar-refractivity contribution in [2.75, 3.05) is 0 Å². The lowest BCUT2D eigenvalue weighted by atomic mass is 10.0. The molecule has 172 valence electrons. The lowest BCUT2D eigenvalue weighted by Gasteiger charge is -2.17. The Hall–Kier alpha value is -2.89. The van der Waals surface area contributed by atoms with Crippen LogP contribution in [0.4, 0.5) is 0 Å². The molecule has 0 aliphatic heterocycles. The summed E-state index contributed by atoms with van der Waals surface area (Å²) in [6, 6.07) is 24.5. The van der Waals surface area contributed by atoms with E-state index in [1.807, 2.05) is 54.6 Å². The van der Waals surface area contributed by atoms with E-state index in [1.165, 1.54) is 12.8 Å².